The lowest BCUT2D eigenvalue weighted by molar-refractivity contribution is -0.146. The Hall–Kier alpha value is -1.30. The second kappa shape index (κ2) is 4.80. The van der Waals surface area contributed by atoms with E-state index in [4.69, 9.17) is 10.5 Å². The zero-order valence-electron chi connectivity index (χ0n) is 8.06. The molecule has 0 radical (unpaired) electrons. The Morgan fingerprint density at radius 2 is 2.29 bits per heavy atom. The zero-order valence-corrected chi connectivity index (χ0v) is 8.06. The number of esters is 1. The van der Waals surface area contributed by atoms with Crippen LogP contribution < -0.4 is 5.73 Å². The summed E-state index contributed by atoms with van der Waals surface area (Å²) in [5.74, 6) is -0.421. The van der Waals surface area contributed by atoms with Crippen molar-refractivity contribution in [2.24, 2.45) is 5.73 Å². The summed E-state index contributed by atoms with van der Waals surface area (Å²) >= 11 is 0. The van der Waals surface area contributed by atoms with Gasteiger partial charge in [-0.3, -0.25) is 0 Å². The Kier molecular flexibility index (Phi) is 3.70. The molecule has 1 saturated heterocycles. The van der Waals surface area contributed by atoms with Crippen LogP contribution >= 0.6 is 0 Å². The Bertz CT molecular complexity index is 231. The van der Waals surface area contributed by atoms with Crippen molar-refractivity contribution in [3.63, 3.8) is 0 Å². The third-order valence-corrected chi connectivity index (χ3v) is 2.18. The maximum atomic E-state index is 10.7. The molecule has 0 bridgehead atoms. The third kappa shape index (κ3) is 2.59. The number of methoxy groups -OCH3 is 1. The van der Waals surface area contributed by atoms with Crippen molar-refractivity contribution in [2.75, 3.05) is 26.9 Å². The van der Waals surface area contributed by atoms with E-state index in [1.165, 1.54) is 12.0 Å². The summed E-state index contributed by atoms with van der Waals surface area (Å²) in [5.41, 5.74) is 5.09. The largest absolute Gasteiger partial charge is 0.467 e. The first-order valence-electron chi connectivity index (χ1n) is 4.35. The lowest BCUT2D eigenvalue weighted by Crippen LogP contribution is -2.55. The van der Waals surface area contributed by atoms with Crippen LogP contribution in [0.3, 0.4) is 0 Å². The van der Waals surface area contributed by atoms with Gasteiger partial charge in [-0.1, -0.05) is 0 Å². The number of primary amides is 1. The maximum absolute atomic E-state index is 10.7. The van der Waals surface area contributed by atoms with Crippen molar-refractivity contribution in [1.29, 1.82) is 0 Å². The van der Waals surface area contributed by atoms with Crippen molar-refractivity contribution in [2.45, 2.75) is 12.5 Å². The van der Waals surface area contributed by atoms with Crippen molar-refractivity contribution < 1.29 is 19.1 Å². The van der Waals surface area contributed by atoms with Crippen LogP contribution in [0.1, 0.15) is 6.42 Å². The van der Waals surface area contributed by atoms with Gasteiger partial charge in [0, 0.05) is 6.54 Å². The van der Waals surface area contributed by atoms with Crippen LogP contribution in [-0.4, -0.2) is 49.8 Å². The fourth-order valence-corrected chi connectivity index (χ4v) is 1.24. The summed E-state index contributed by atoms with van der Waals surface area (Å²) in [4.78, 5) is 22.9. The lowest BCUT2D eigenvalue weighted by atomic mass is 10.1. The van der Waals surface area contributed by atoms with Gasteiger partial charge >= 0.3 is 12.0 Å². The number of nitrogens with zero attached hydrogens (tertiary/aromatic N) is 1. The molecule has 0 aromatic rings. The summed E-state index contributed by atoms with van der Waals surface area (Å²) < 4.78 is 9.44. The van der Waals surface area contributed by atoms with Gasteiger partial charge in [0.25, 0.3) is 0 Å². The molecule has 6 nitrogen and oxygen atoms in total. The molecule has 2 N–H and O–H groups in total. The number of rotatable bonds is 4. The lowest BCUT2D eigenvalue weighted by Gasteiger charge is -2.39. The molecule has 1 atom stereocenters. The number of amides is 2. The Morgan fingerprint density at radius 1 is 1.57 bits per heavy atom. The van der Waals surface area contributed by atoms with Gasteiger partial charge in [-0.25, -0.2) is 9.59 Å². The average molecular weight is 202 g/mol. The smallest absolute Gasteiger partial charge is 0.331 e. The molecule has 0 spiro atoms. The molecule has 2 amide bonds. The number of urea groups is 1. The van der Waals surface area contributed by atoms with E-state index in [9.17, 15) is 9.59 Å². The Labute approximate surface area is 81.9 Å². The summed E-state index contributed by atoms with van der Waals surface area (Å²) in [6.45, 7) is 0.916. The van der Waals surface area contributed by atoms with Crippen molar-refractivity contribution in [3.8, 4) is 0 Å². The van der Waals surface area contributed by atoms with E-state index in [0.29, 0.717) is 13.2 Å². The molecule has 1 rings (SSSR count). The van der Waals surface area contributed by atoms with Crippen LogP contribution in [0.15, 0.2) is 0 Å². The van der Waals surface area contributed by atoms with Gasteiger partial charge in [0.05, 0.1) is 19.8 Å². The number of nitrogens with two attached hydrogens (primary N) is 1. The second-order valence-electron chi connectivity index (χ2n) is 3.07. The minimum absolute atomic E-state index is 0.0113. The van der Waals surface area contributed by atoms with Gasteiger partial charge < -0.3 is 20.1 Å². The topological polar surface area (TPSA) is 81.9 Å². The number of hydrogen-bond acceptors (Lipinski definition) is 4. The highest BCUT2D eigenvalue weighted by atomic mass is 16.6. The van der Waals surface area contributed by atoms with E-state index in [2.05, 4.69) is 4.74 Å². The first-order valence-corrected chi connectivity index (χ1v) is 4.35. The highest BCUT2D eigenvalue weighted by Gasteiger charge is 2.30. The van der Waals surface area contributed by atoms with E-state index < -0.39 is 12.0 Å². The number of hydrogen-bond donors (Lipinski definition) is 1. The molecule has 80 valence electrons. The highest BCUT2D eigenvalue weighted by molar-refractivity contribution is 5.73. The molecule has 14 heavy (non-hydrogen) atoms. The van der Waals surface area contributed by atoms with Gasteiger partial charge in [-0.05, 0) is 6.42 Å². The van der Waals surface area contributed by atoms with E-state index in [-0.39, 0.29) is 12.6 Å². The molecular formula is C8H14N2O4. The van der Waals surface area contributed by atoms with Gasteiger partial charge in [-0.2, -0.15) is 0 Å². The number of carbonyl (C=O) groups excluding carboxylic acids is 2. The van der Waals surface area contributed by atoms with E-state index >= 15 is 0 Å². The summed E-state index contributed by atoms with van der Waals surface area (Å²) in [6, 6.07) is -0.430. The molecule has 1 unspecified atom stereocenters. The summed E-state index contributed by atoms with van der Waals surface area (Å²) in [6.07, 6.45) is 0.865. The Balaban J connectivity index is 2.13. The van der Waals surface area contributed by atoms with Gasteiger partial charge in [0.2, 0.25) is 0 Å². The quantitative estimate of drug-likeness (QED) is 0.613. The number of carbonyl (C=O) groups is 2. The SMILES string of the molecule is COC(=O)COCC1CCN1C(N)=O. The van der Waals surface area contributed by atoms with Crippen LogP contribution in [0.2, 0.25) is 0 Å². The summed E-state index contributed by atoms with van der Waals surface area (Å²) in [5, 5.41) is 0. The van der Waals surface area contributed by atoms with Crippen molar-refractivity contribution >= 4 is 12.0 Å². The predicted molar refractivity (Wildman–Crippen MR) is 47.5 cm³/mol. The van der Waals surface area contributed by atoms with Crippen LogP contribution in [-0.2, 0) is 14.3 Å². The highest BCUT2D eigenvalue weighted by Crippen LogP contribution is 2.16. The van der Waals surface area contributed by atoms with E-state index in [1.807, 2.05) is 0 Å². The second-order valence-corrected chi connectivity index (χ2v) is 3.07. The van der Waals surface area contributed by atoms with E-state index in [0.717, 1.165) is 6.42 Å². The third-order valence-electron chi connectivity index (χ3n) is 2.18. The van der Waals surface area contributed by atoms with E-state index in [1.54, 1.807) is 0 Å². The van der Waals surface area contributed by atoms with Crippen LogP contribution in [0.4, 0.5) is 4.79 Å². The summed E-state index contributed by atoms with van der Waals surface area (Å²) in [7, 11) is 1.30. The minimum Gasteiger partial charge on any atom is -0.467 e. The molecule has 1 heterocycles. The maximum Gasteiger partial charge on any atom is 0.331 e. The minimum atomic E-state index is -0.442. The first-order chi connectivity index (χ1) is 6.65. The monoisotopic (exact) mass is 202 g/mol. The molecule has 1 fully saturated rings. The van der Waals surface area contributed by atoms with Crippen LogP contribution in [0, 0.1) is 0 Å². The van der Waals surface area contributed by atoms with Gasteiger partial charge in [-0.15, -0.1) is 0 Å². The standard InChI is InChI=1S/C8H14N2O4/c1-13-7(11)5-14-4-6-2-3-10(6)8(9)12/h6H,2-5H2,1H3,(H2,9,12). The molecule has 0 saturated carbocycles. The van der Waals surface area contributed by atoms with Crippen molar-refractivity contribution in [1.82, 2.24) is 4.90 Å². The van der Waals surface area contributed by atoms with Gasteiger partial charge in [0.15, 0.2) is 0 Å². The molecule has 1 aliphatic rings. The fraction of sp³-hybridized carbons (Fsp3) is 0.750. The predicted octanol–water partition coefficient (Wildman–Crippen LogP) is -0.671. The Morgan fingerprint density at radius 3 is 2.71 bits per heavy atom. The molecule has 1 aliphatic heterocycles. The first kappa shape index (κ1) is 10.8. The normalized spacial score (nSPS) is 20.1. The fourth-order valence-electron chi connectivity index (χ4n) is 1.24. The number of ether oxygens (including phenoxy) is 2. The number of likely N-dealkylation sites (tertiary alicyclic amines) is 1. The average Bonchev–Trinajstić information content (AvgIpc) is 2.08. The molecule has 0 aliphatic carbocycles. The van der Waals surface area contributed by atoms with Crippen LogP contribution in [0.25, 0.3) is 0 Å². The van der Waals surface area contributed by atoms with Crippen LogP contribution in [0.5, 0.6) is 0 Å². The molecule has 6 heteroatoms. The zero-order chi connectivity index (χ0) is 10.6. The molecule has 0 aromatic heterocycles. The molecule has 0 aromatic carbocycles. The van der Waals surface area contributed by atoms with Crippen molar-refractivity contribution in [3.05, 3.63) is 0 Å². The van der Waals surface area contributed by atoms with Gasteiger partial charge in [0.1, 0.15) is 6.61 Å². The molecular weight excluding hydrogens is 188 g/mol.